The number of carbonyl (C=O) groups is 1. The van der Waals surface area contributed by atoms with Crippen LogP contribution in [-0.4, -0.2) is 21.5 Å². The van der Waals surface area contributed by atoms with Gasteiger partial charge >= 0.3 is 6.03 Å². The maximum absolute atomic E-state index is 14.1. The van der Waals surface area contributed by atoms with Crippen LogP contribution in [0.25, 0.3) is 5.69 Å². The first kappa shape index (κ1) is 18.9. The molecule has 2 aliphatic rings. The smallest absolute Gasteiger partial charge is 0.318 e. The van der Waals surface area contributed by atoms with Crippen molar-refractivity contribution in [1.29, 1.82) is 0 Å². The maximum atomic E-state index is 14.1. The molecule has 30 heavy (non-hydrogen) atoms. The van der Waals surface area contributed by atoms with E-state index in [1.54, 1.807) is 4.90 Å². The Morgan fingerprint density at radius 1 is 0.967 bits per heavy atom. The average molecular weight is 407 g/mol. The molecule has 1 aliphatic heterocycles. The molecule has 1 saturated carbocycles. The van der Waals surface area contributed by atoms with Gasteiger partial charge in [-0.25, -0.2) is 13.6 Å². The van der Waals surface area contributed by atoms with Crippen LogP contribution in [0.5, 0.6) is 0 Å². The number of nitrogens with zero attached hydrogens (tertiary/aromatic N) is 2. The van der Waals surface area contributed by atoms with Gasteiger partial charge in [0.1, 0.15) is 11.6 Å². The van der Waals surface area contributed by atoms with E-state index in [2.05, 4.69) is 5.32 Å². The topological polar surface area (TPSA) is 37.3 Å². The van der Waals surface area contributed by atoms with Crippen LogP contribution in [-0.2, 0) is 6.54 Å². The van der Waals surface area contributed by atoms with E-state index in [0.717, 1.165) is 48.7 Å². The Bertz CT molecular complexity index is 1070. The highest BCUT2D eigenvalue weighted by Crippen LogP contribution is 2.37. The van der Waals surface area contributed by atoms with Gasteiger partial charge in [0.15, 0.2) is 0 Å². The summed E-state index contributed by atoms with van der Waals surface area (Å²) in [7, 11) is 0. The minimum atomic E-state index is -0.652. The largest absolute Gasteiger partial charge is 0.335 e. The first-order valence-corrected chi connectivity index (χ1v) is 10.4. The zero-order valence-electron chi connectivity index (χ0n) is 16.5. The Balaban J connectivity index is 1.64. The van der Waals surface area contributed by atoms with Gasteiger partial charge in [-0.3, -0.25) is 0 Å². The van der Waals surface area contributed by atoms with Crippen molar-refractivity contribution in [2.24, 2.45) is 0 Å². The predicted octanol–water partition coefficient (Wildman–Crippen LogP) is 5.31. The fraction of sp³-hybridized carbons (Fsp3) is 0.292. The lowest BCUT2D eigenvalue weighted by Crippen LogP contribution is -2.45. The average Bonchev–Trinajstić information content (AvgIpc) is 3.37. The van der Waals surface area contributed by atoms with Crippen LogP contribution in [0.15, 0.2) is 60.8 Å². The monoisotopic (exact) mass is 407 g/mol. The van der Waals surface area contributed by atoms with Crippen LogP contribution in [0, 0.1) is 11.6 Å². The van der Waals surface area contributed by atoms with Gasteiger partial charge in [-0.15, -0.1) is 0 Å². The van der Waals surface area contributed by atoms with E-state index in [1.807, 2.05) is 47.2 Å². The van der Waals surface area contributed by atoms with Crippen molar-refractivity contribution in [3.05, 3.63) is 89.2 Å². The Morgan fingerprint density at radius 3 is 2.47 bits per heavy atom. The summed E-state index contributed by atoms with van der Waals surface area (Å²) in [6.45, 7) is 0.346. The summed E-state index contributed by atoms with van der Waals surface area (Å²) in [6.07, 6.45) is 6.07. The number of urea groups is 1. The first-order valence-electron chi connectivity index (χ1n) is 10.4. The standard InChI is InChI=1S/C24H23F2N3O/c25-18-12-17(13-19(26)14-18)23-22-10-5-11-28(22)21-9-4-1-6-16(21)15-29(23)24(30)27-20-7-2-3-8-20/h1,4-6,9-14,20,23H,2-3,7-8,15H2,(H,27,30)/t23-/m0/s1. The molecule has 2 amide bonds. The minimum absolute atomic E-state index is 0.146. The molecule has 1 aromatic heterocycles. The Morgan fingerprint density at radius 2 is 1.70 bits per heavy atom. The van der Waals surface area contributed by atoms with E-state index < -0.39 is 17.7 Å². The van der Waals surface area contributed by atoms with Gasteiger partial charge in [0.2, 0.25) is 0 Å². The molecule has 1 N–H and O–H groups in total. The number of fused-ring (bicyclic) bond motifs is 3. The summed E-state index contributed by atoms with van der Waals surface area (Å²) in [5.74, 6) is -1.30. The molecule has 154 valence electrons. The van der Waals surface area contributed by atoms with Crippen molar-refractivity contribution in [3.8, 4) is 5.69 Å². The SMILES string of the molecule is O=C(NC1CCCC1)N1Cc2ccccc2-n2cccc2[C@@H]1c1cc(F)cc(F)c1. The number of rotatable bonds is 2. The number of aromatic nitrogens is 1. The number of carbonyl (C=O) groups excluding carboxylic acids is 1. The lowest BCUT2D eigenvalue weighted by Gasteiger charge is -2.32. The van der Waals surface area contributed by atoms with Crippen molar-refractivity contribution < 1.29 is 13.6 Å². The van der Waals surface area contributed by atoms with Crippen LogP contribution in [0.3, 0.4) is 0 Å². The first-order chi connectivity index (χ1) is 14.6. The molecule has 2 aromatic carbocycles. The summed E-state index contributed by atoms with van der Waals surface area (Å²) >= 11 is 0. The number of amides is 2. The van der Waals surface area contributed by atoms with Crippen molar-refractivity contribution in [2.45, 2.75) is 44.3 Å². The molecule has 0 radical (unpaired) electrons. The number of nitrogens with one attached hydrogen (secondary N) is 1. The number of benzene rings is 2. The fourth-order valence-corrected chi connectivity index (χ4v) is 4.75. The number of halogens is 2. The van der Waals surface area contributed by atoms with E-state index in [1.165, 1.54) is 12.1 Å². The second-order valence-corrected chi connectivity index (χ2v) is 8.10. The van der Waals surface area contributed by atoms with Crippen LogP contribution in [0.4, 0.5) is 13.6 Å². The molecule has 0 bridgehead atoms. The van der Waals surface area contributed by atoms with Gasteiger partial charge in [-0.2, -0.15) is 0 Å². The van der Waals surface area contributed by atoms with Crippen molar-refractivity contribution >= 4 is 6.03 Å². The van der Waals surface area contributed by atoms with E-state index >= 15 is 0 Å². The van der Waals surface area contributed by atoms with E-state index in [4.69, 9.17) is 0 Å². The van der Waals surface area contributed by atoms with Gasteiger partial charge in [-0.1, -0.05) is 31.0 Å². The summed E-state index contributed by atoms with van der Waals surface area (Å²) < 4.78 is 30.3. The normalized spacial score (nSPS) is 18.6. The highest BCUT2D eigenvalue weighted by molar-refractivity contribution is 5.76. The maximum Gasteiger partial charge on any atom is 0.318 e. The molecule has 3 aromatic rings. The number of hydrogen-bond donors (Lipinski definition) is 1. The predicted molar refractivity (Wildman–Crippen MR) is 110 cm³/mol. The Kier molecular flexibility index (Phi) is 4.77. The van der Waals surface area contributed by atoms with Gasteiger partial charge in [0.05, 0.1) is 18.3 Å². The summed E-state index contributed by atoms with van der Waals surface area (Å²) in [5.41, 5.74) is 3.17. The van der Waals surface area contributed by atoms with Crippen LogP contribution >= 0.6 is 0 Å². The molecule has 1 atom stereocenters. The molecule has 4 nitrogen and oxygen atoms in total. The lowest BCUT2D eigenvalue weighted by molar-refractivity contribution is 0.176. The molecular weight excluding hydrogens is 384 g/mol. The van der Waals surface area contributed by atoms with E-state index in [9.17, 15) is 13.6 Å². The molecular formula is C24H23F2N3O. The molecule has 2 heterocycles. The van der Waals surface area contributed by atoms with Gasteiger partial charge in [0, 0.05) is 24.0 Å². The molecule has 1 fully saturated rings. The minimum Gasteiger partial charge on any atom is -0.335 e. The van der Waals surface area contributed by atoms with Crippen molar-refractivity contribution in [2.75, 3.05) is 0 Å². The summed E-state index contributed by atoms with van der Waals surface area (Å²) in [5, 5.41) is 3.15. The van der Waals surface area contributed by atoms with Crippen LogP contribution < -0.4 is 5.32 Å². The fourth-order valence-electron chi connectivity index (χ4n) is 4.75. The number of para-hydroxylation sites is 1. The van der Waals surface area contributed by atoms with Crippen molar-refractivity contribution in [1.82, 2.24) is 14.8 Å². The van der Waals surface area contributed by atoms with E-state index in [0.29, 0.717) is 12.1 Å². The quantitative estimate of drug-likeness (QED) is 0.614. The zero-order valence-corrected chi connectivity index (χ0v) is 16.5. The molecule has 0 saturated heterocycles. The Hall–Kier alpha value is -3.15. The van der Waals surface area contributed by atoms with Crippen LogP contribution in [0.1, 0.15) is 48.5 Å². The third kappa shape index (κ3) is 3.36. The molecule has 0 unspecified atom stereocenters. The Labute approximate surface area is 174 Å². The van der Waals surface area contributed by atoms with Crippen LogP contribution in [0.2, 0.25) is 0 Å². The summed E-state index contributed by atoms with van der Waals surface area (Å²) in [6, 6.07) is 14.5. The van der Waals surface area contributed by atoms with Crippen molar-refractivity contribution in [3.63, 3.8) is 0 Å². The van der Waals surface area contributed by atoms with Gasteiger partial charge < -0.3 is 14.8 Å². The van der Waals surface area contributed by atoms with Gasteiger partial charge in [-0.05, 0) is 54.3 Å². The highest BCUT2D eigenvalue weighted by atomic mass is 19.1. The molecule has 1 aliphatic carbocycles. The van der Waals surface area contributed by atoms with Gasteiger partial charge in [0.25, 0.3) is 0 Å². The lowest BCUT2D eigenvalue weighted by atomic mass is 10.0. The second kappa shape index (κ2) is 7.59. The summed E-state index contributed by atoms with van der Waals surface area (Å²) in [4.78, 5) is 15.1. The molecule has 6 heteroatoms. The zero-order chi connectivity index (χ0) is 20.7. The second-order valence-electron chi connectivity index (χ2n) is 8.10. The molecule has 0 spiro atoms. The number of hydrogen-bond acceptors (Lipinski definition) is 1. The highest BCUT2D eigenvalue weighted by Gasteiger charge is 2.34. The van der Waals surface area contributed by atoms with E-state index in [-0.39, 0.29) is 12.1 Å². The third-order valence-electron chi connectivity index (χ3n) is 6.11. The molecule has 5 rings (SSSR count). The third-order valence-corrected chi connectivity index (χ3v) is 6.11.